The molecule has 3 aromatic carbocycles. The van der Waals surface area contributed by atoms with Crippen molar-refractivity contribution in [2.24, 2.45) is 5.92 Å². The number of carboxylic acid groups (broad SMARTS) is 1. The van der Waals surface area contributed by atoms with Gasteiger partial charge in [0.15, 0.2) is 5.82 Å². The van der Waals surface area contributed by atoms with E-state index < -0.39 is 56.9 Å². The Labute approximate surface area is 392 Å². The van der Waals surface area contributed by atoms with Gasteiger partial charge in [-0.3, -0.25) is 34.0 Å². The Hall–Kier alpha value is -6.57. The maximum absolute atomic E-state index is 15.7. The number of benzene rings is 3. The number of nitrogens with zero attached hydrogens (tertiary/aromatic N) is 5. The van der Waals surface area contributed by atoms with Crippen molar-refractivity contribution in [3.05, 3.63) is 113 Å². The molecule has 16 nitrogen and oxygen atoms in total. The summed E-state index contributed by atoms with van der Waals surface area (Å²) in [6.45, 7) is 8.42. The van der Waals surface area contributed by atoms with Gasteiger partial charge in [0.25, 0.3) is 12.4 Å². The standard InChI is InChI=1S/C48H52F2N8O6S.CH2O2/c1-28(2)55(3)65(63,64)54-40-11-10-39(49)43(44(40)50)45(60)38-25-52-46-37(38)23-33(24-51-46)30-4-7-35(8-5-30)57-20-14-29(15-21-57)26-56-18-16-31(17-19-56)32-6-9-36-34(22-32)27-58(48(36)62)41-12-13-42(59)53-47(41)61;2-1-3/h4-11,22-25,28-29,31,41,54H,12-21,26-27H2,1-3H3,(H,51,52)(H,53,59,61);1H,(H,2,3)/t41-;/m0./s1. The van der Waals surface area contributed by atoms with Crippen molar-refractivity contribution in [3.63, 3.8) is 0 Å². The predicted octanol–water partition coefficient (Wildman–Crippen LogP) is 6.29. The van der Waals surface area contributed by atoms with E-state index in [1.54, 1.807) is 31.0 Å². The van der Waals surface area contributed by atoms with Gasteiger partial charge in [0.2, 0.25) is 17.6 Å². The van der Waals surface area contributed by atoms with Crippen molar-refractivity contribution in [1.82, 2.24) is 29.4 Å². The first-order valence-corrected chi connectivity index (χ1v) is 24.2. The van der Waals surface area contributed by atoms with Gasteiger partial charge in [-0.2, -0.15) is 12.7 Å². The van der Waals surface area contributed by atoms with Crippen LogP contribution in [0.1, 0.15) is 95.7 Å². The summed E-state index contributed by atoms with van der Waals surface area (Å²) in [5.74, 6) is -3.20. The second-order valence-corrected chi connectivity index (χ2v) is 19.9. The van der Waals surface area contributed by atoms with Gasteiger partial charge in [-0.1, -0.05) is 24.3 Å². The first-order chi connectivity index (χ1) is 32.6. The number of pyridine rings is 1. The number of imide groups is 1. The van der Waals surface area contributed by atoms with E-state index in [9.17, 15) is 27.6 Å². The molecule has 0 aliphatic carbocycles. The molecule has 3 amide bonds. The van der Waals surface area contributed by atoms with Gasteiger partial charge in [0, 0.05) is 85.8 Å². The Balaban J connectivity index is 0.00000203. The SMILES string of the molecule is CC(C)N(C)S(=O)(=O)Nc1ccc(F)c(C(=O)c2c[nH]c3ncc(-c4ccc(N5CCC(CN6CCC(c7ccc8c(c7)CN([C@H]7CCC(=O)NC7=O)C8=O)CC6)CC5)cc4)cc23)c1F.O=CO. The van der Waals surface area contributed by atoms with Gasteiger partial charge in [-0.25, -0.2) is 13.8 Å². The van der Waals surface area contributed by atoms with Crippen LogP contribution < -0.4 is 14.9 Å². The summed E-state index contributed by atoms with van der Waals surface area (Å²) < 4.78 is 59.5. The molecular weight excluding hydrogens is 899 g/mol. The molecule has 9 rings (SSSR count). The van der Waals surface area contributed by atoms with Gasteiger partial charge in [-0.15, -0.1) is 0 Å². The molecule has 0 unspecified atom stereocenters. The normalized spacial score (nSPS) is 18.5. The largest absolute Gasteiger partial charge is 0.483 e. The molecule has 4 aliphatic rings. The molecule has 3 fully saturated rings. The average Bonchev–Trinajstić information content (AvgIpc) is 3.90. The highest BCUT2D eigenvalue weighted by Crippen LogP contribution is 2.36. The molecule has 6 heterocycles. The molecule has 4 aliphatic heterocycles. The van der Waals surface area contributed by atoms with Gasteiger partial charge < -0.3 is 24.8 Å². The van der Waals surface area contributed by atoms with Crippen LogP contribution in [0.2, 0.25) is 0 Å². The van der Waals surface area contributed by atoms with Gasteiger partial charge in [0.05, 0.1) is 11.3 Å². The van der Waals surface area contributed by atoms with Crippen LogP contribution in [0.25, 0.3) is 22.2 Å². The number of nitrogens with one attached hydrogen (secondary N) is 3. The van der Waals surface area contributed by atoms with E-state index >= 15 is 8.78 Å². The summed E-state index contributed by atoms with van der Waals surface area (Å²) in [5, 5.41) is 9.63. The predicted molar refractivity (Wildman–Crippen MR) is 251 cm³/mol. The summed E-state index contributed by atoms with van der Waals surface area (Å²) in [5.41, 5.74) is 4.45. The number of carbonyl (C=O) groups is 5. The van der Waals surface area contributed by atoms with Crippen LogP contribution in [0.5, 0.6) is 0 Å². The fourth-order valence-corrected chi connectivity index (χ4v) is 10.8. The third-order valence-electron chi connectivity index (χ3n) is 13.7. The van der Waals surface area contributed by atoms with Gasteiger partial charge in [-0.05, 0) is 124 Å². The monoisotopic (exact) mass is 952 g/mol. The molecule has 1 atom stereocenters. The number of ketones is 1. The number of hydrogen-bond acceptors (Lipinski definition) is 10. The maximum Gasteiger partial charge on any atom is 0.301 e. The fourth-order valence-electron chi connectivity index (χ4n) is 9.71. The molecule has 19 heteroatoms. The Morgan fingerprint density at radius 2 is 1.66 bits per heavy atom. The van der Waals surface area contributed by atoms with Crippen LogP contribution in [0.15, 0.2) is 73.1 Å². The minimum atomic E-state index is -4.18. The van der Waals surface area contributed by atoms with Crippen LogP contribution in [-0.2, 0) is 31.1 Å². The van der Waals surface area contributed by atoms with Crippen molar-refractivity contribution < 1.29 is 46.3 Å². The van der Waals surface area contributed by atoms with Gasteiger partial charge >= 0.3 is 10.2 Å². The first-order valence-electron chi connectivity index (χ1n) is 22.8. The lowest BCUT2D eigenvalue weighted by atomic mass is 9.87. The van der Waals surface area contributed by atoms with E-state index in [0.717, 1.165) is 91.7 Å². The van der Waals surface area contributed by atoms with Crippen LogP contribution >= 0.6 is 0 Å². The third kappa shape index (κ3) is 9.86. The van der Waals surface area contributed by atoms with E-state index in [2.05, 4.69) is 54.1 Å². The number of halogens is 2. The molecular formula is C49H54F2N8O8S. The minimum Gasteiger partial charge on any atom is -0.483 e. The number of anilines is 2. The number of fused-ring (bicyclic) bond motifs is 2. The smallest absolute Gasteiger partial charge is 0.301 e. The Morgan fingerprint density at radius 1 is 0.956 bits per heavy atom. The number of aromatic nitrogens is 2. The first kappa shape index (κ1) is 47.9. The van der Waals surface area contributed by atoms with Crippen LogP contribution in [0.3, 0.4) is 0 Å². The molecule has 0 saturated carbocycles. The summed E-state index contributed by atoms with van der Waals surface area (Å²) >= 11 is 0. The number of rotatable bonds is 12. The Kier molecular flexibility index (Phi) is 14.1. The lowest BCUT2D eigenvalue weighted by molar-refractivity contribution is -0.137. The van der Waals surface area contributed by atoms with Crippen molar-refractivity contribution >= 4 is 62.6 Å². The molecule has 0 spiro atoms. The highest BCUT2D eigenvalue weighted by atomic mass is 32.2. The van der Waals surface area contributed by atoms with E-state index in [1.165, 1.54) is 18.8 Å². The van der Waals surface area contributed by atoms with E-state index in [0.29, 0.717) is 47.0 Å². The molecule has 3 saturated heterocycles. The van der Waals surface area contributed by atoms with Crippen LogP contribution in [0.4, 0.5) is 20.2 Å². The molecule has 4 N–H and O–H groups in total. The second-order valence-electron chi connectivity index (χ2n) is 18.1. The number of aromatic amines is 1. The molecule has 68 heavy (non-hydrogen) atoms. The average molecular weight is 953 g/mol. The summed E-state index contributed by atoms with van der Waals surface area (Å²) in [6.07, 6.45) is 7.88. The van der Waals surface area contributed by atoms with E-state index in [1.807, 2.05) is 18.2 Å². The fraction of sp³-hybridized carbons (Fsp3) is 0.388. The maximum atomic E-state index is 15.7. The number of likely N-dealkylation sites (tertiary alicyclic amines) is 1. The van der Waals surface area contributed by atoms with Crippen molar-refractivity contribution in [2.75, 3.05) is 49.4 Å². The molecule has 0 bridgehead atoms. The topological polar surface area (TPSA) is 205 Å². The molecule has 2 aromatic heterocycles. The lowest BCUT2D eigenvalue weighted by Crippen LogP contribution is -2.52. The number of hydrogen-bond donors (Lipinski definition) is 4. The highest BCUT2D eigenvalue weighted by Gasteiger charge is 2.39. The number of carbonyl (C=O) groups excluding carboxylic acids is 4. The number of amides is 3. The minimum absolute atomic E-state index is 0.00488. The summed E-state index contributed by atoms with van der Waals surface area (Å²) in [4.78, 5) is 73.4. The van der Waals surface area contributed by atoms with Crippen LogP contribution in [-0.4, -0.2) is 119 Å². The second kappa shape index (κ2) is 20.0. The van der Waals surface area contributed by atoms with E-state index in [-0.39, 0.29) is 30.3 Å². The zero-order valence-electron chi connectivity index (χ0n) is 38.0. The van der Waals surface area contributed by atoms with Crippen molar-refractivity contribution in [1.29, 1.82) is 0 Å². The number of H-pyrrole nitrogens is 1. The highest BCUT2D eigenvalue weighted by molar-refractivity contribution is 7.90. The molecule has 5 aromatic rings. The number of piperidine rings is 3. The molecule has 0 radical (unpaired) electrons. The molecule has 358 valence electrons. The quantitative estimate of drug-likeness (QED) is 0.0621. The zero-order valence-corrected chi connectivity index (χ0v) is 38.8. The van der Waals surface area contributed by atoms with Gasteiger partial charge in [0.1, 0.15) is 17.5 Å². The zero-order chi connectivity index (χ0) is 48.4. The van der Waals surface area contributed by atoms with E-state index in [4.69, 9.17) is 9.90 Å². The Morgan fingerprint density at radius 3 is 2.34 bits per heavy atom. The summed E-state index contributed by atoms with van der Waals surface area (Å²) in [6, 6.07) is 16.8. The Bertz CT molecular complexity index is 2860. The van der Waals surface area contributed by atoms with Crippen molar-refractivity contribution in [3.8, 4) is 11.1 Å². The summed E-state index contributed by atoms with van der Waals surface area (Å²) in [7, 11) is -2.85. The van der Waals surface area contributed by atoms with Crippen molar-refractivity contribution in [2.45, 2.75) is 76.9 Å². The lowest BCUT2D eigenvalue weighted by Gasteiger charge is -2.38. The third-order valence-corrected chi connectivity index (χ3v) is 15.4. The van der Waals surface area contributed by atoms with Crippen LogP contribution in [0, 0.1) is 17.6 Å².